The molecule has 0 spiro atoms. The van der Waals surface area contributed by atoms with Gasteiger partial charge in [-0.05, 0) is 60.0 Å². The van der Waals surface area contributed by atoms with Gasteiger partial charge in [-0.3, -0.25) is 4.79 Å². The van der Waals surface area contributed by atoms with Gasteiger partial charge < -0.3 is 20.4 Å². The van der Waals surface area contributed by atoms with E-state index in [4.69, 9.17) is 7.85 Å². The van der Waals surface area contributed by atoms with Gasteiger partial charge in [0.15, 0.2) is 5.78 Å². The fourth-order valence-corrected chi connectivity index (χ4v) is 2.09. The van der Waals surface area contributed by atoms with Crippen LogP contribution in [0.4, 0.5) is 0 Å². The molecule has 5 heteroatoms. The molecule has 0 bridgehead atoms. The van der Waals surface area contributed by atoms with E-state index in [1.807, 2.05) is 0 Å². The normalized spacial score (nSPS) is 14.0. The van der Waals surface area contributed by atoms with Crippen LogP contribution in [0.5, 0.6) is 11.5 Å². The highest BCUT2D eigenvalue weighted by Crippen LogP contribution is 2.19. The third-order valence-corrected chi connectivity index (χ3v) is 3.50. The van der Waals surface area contributed by atoms with E-state index in [0.29, 0.717) is 16.7 Å². The second kappa shape index (κ2) is 8.69. The number of carbonyl (C=O) groups is 1. The van der Waals surface area contributed by atoms with E-state index in [0.717, 1.165) is 18.2 Å². The highest BCUT2D eigenvalue weighted by atomic mass is 16.3. The van der Waals surface area contributed by atoms with Crippen molar-refractivity contribution in [2.45, 2.75) is 13.5 Å². The summed E-state index contributed by atoms with van der Waals surface area (Å²) in [6.07, 6.45) is 2.95. The molecule has 0 atom stereocenters. The minimum absolute atomic E-state index is 0.0501. The van der Waals surface area contributed by atoms with Crippen LogP contribution in [0.2, 0.25) is 0 Å². The van der Waals surface area contributed by atoms with Gasteiger partial charge in [0.1, 0.15) is 17.3 Å². The Balaban J connectivity index is 2.20. The summed E-state index contributed by atoms with van der Waals surface area (Å²) in [5, 5.41) is 38.1. The Hall–Kier alpha value is -3.31. The number of ketones is 1. The number of aliphatic hydroxyl groups excluding tert-OH is 2. The van der Waals surface area contributed by atoms with Crippen LogP contribution in [0.3, 0.4) is 0 Å². The molecule has 0 aliphatic rings. The van der Waals surface area contributed by atoms with Crippen molar-refractivity contribution >= 4 is 17.9 Å². The molecule has 2 aromatic rings. The van der Waals surface area contributed by atoms with Crippen LogP contribution in [0.15, 0.2) is 60.4 Å². The first-order valence-electron chi connectivity index (χ1n) is 8.75. The van der Waals surface area contributed by atoms with Crippen molar-refractivity contribution in [1.29, 1.82) is 0 Å². The molecule has 2 aromatic carbocycles. The second-order valence-corrected chi connectivity index (χ2v) is 5.55. The zero-order valence-electron chi connectivity index (χ0n) is 16.1. The first-order valence-corrected chi connectivity index (χ1v) is 7.75. The number of hydrogen-bond donors (Lipinski definition) is 4. The highest BCUT2D eigenvalue weighted by molar-refractivity contribution is 6.02. The minimum Gasteiger partial charge on any atom is -0.508 e. The monoisotopic (exact) mass is 354 g/mol. The first-order chi connectivity index (χ1) is 13.2. The Labute approximate surface area is 154 Å². The topological polar surface area (TPSA) is 98.0 Å². The van der Waals surface area contributed by atoms with Crippen LogP contribution in [-0.2, 0) is 11.4 Å². The zero-order valence-corrected chi connectivity index (χ0v) is 14.1. The van der Waals surface area contributed by atoms with Gasteiger partial charge in [0.05, 0.1) is 9.35 Å². The van der Waals surface area contributed by atoms with Crippen molar-refractivity contribution < 1.29 is 28.0 Å². The predicted molar refractivity (Wildman–Crippen MR) is 101 cm³/mol. The molecule has 26 heavy (non-hydrogen) atoms. The molecule has 0 aromatic heterocycles. The summed E-state index contributed by atoms with van der Waals surface area (Å²) < 4.78 is 15.9. The number of allylic oxidation sites excluding steroid dienone is 3. The maximum atomic E-state index is 12.0. The first kappa shape index (κ1) is 16.2. The Morgan fingerprint density at radius 2 is 1.65 bits per heavy atom. The van der Waals surface area contributed by atoms with Crippen molar-refractivity contribution in [2.75, 3.05) is 0 Å². The van der Waals surface area contributed by atoms with E-state index in [-0.39, 0.29) is 29.2 Å². The lowest BCUT2D eigenvalue weighted by Gasteiger charge is -2.01. The highest BCUT2D eigenvalue weighted by Gasteiger charge is 2.01. The van der Waals surface area contributed by atoms with Gasteiger partial charge in [0, 0.05) is 11.6 Å². The fraction of sp³-hybridized carbons (Fsp3) is 0.0952. The molecular formula is C21H20O5. The molecule has 0 radical (unpaired) electrons. The van der Waals surface area contributed by atoms with E-state index < -0.39 is 18.1 Å². The van der Waals surface area contributed by atoms with E-state index >= 15 is 0 Å². The maximum Gasteiger partial charge on any atom is 0.182 e. The van der Waals surface area contributed by atoms with Crippen LogP contribution in [0, 0.1) is 6.92 Å². The lowest BCUT2D eigenvalue weighted by molar-refractivity contribution is -0.110. The number of phenols is 2. The molecule has 4 N–H and O–H groups in total. The van der Waals surface area contributed by atoms with Crippen LogP contribution in [-0.4, -0.2) is 26.2 Å². The zero-order chi connectivity index (χ0) is 20.8. The number of rotatable bonds is 6. The number of aliphatic hydroxyl groups is 2. The Morgan fingerprint density at radius 1 is 1.04 bits per heavy atom. The summed E-state index contributed by atoms with van der Waals surface area (Å²) in [5.41, 5.74) is 1.58. The minimum atomic E-state index is -0.660. The van der Waals surface area contributed by atoms with Gasteiger partial charge >= 0.3 is 0 Å². The number of hydrogen-bond acceptors (Lipinski definition) is 5. The molecule has 0 saturated heterocycles. The van der Waals surface area contributed by atoms with E-state index in [9.17, 15) is 20.1 Å². The predicted octanol–water partition coefficient (Wildman–Crippen LogP) is 3.64. The average molecular weight is 354 g/mol. The summed E-state index contributed by atoms with van der Waals surface area (Å²) in [6, 6.07) is 8.45. The Morgan fingerprint density at radius 3 is 2.31 bits per heavy atom. The van der Waals surface area contributed by atoms with E-state index in [1.165, 1.54) is 30.3 Å². The van der Waals surface area contributed by atoms with Gasteiger partial charge in [0.25, 0.3) is 0 Å². The molecule has 0 amide bonds. The molecule has 2 rings (SSSR count). The lowest BCUT2D eigenvalue weighted by atomic mass is 10.1. The van der Waals surface area contributed by atoms with Crippen LogP contribution < -0.4 is 0 Å². The number of phenolic OH excluding ortho intramolecular Hbond substituents is 1. The number of aromatic hydroxyl groups is 2. The molecule has 0 unspecified atom stereocenters. The summed E-state index contributed by atoms with van der Waals surface area (Å²) in [7, 11) is 0. The average Bonchev–Trinajstić information content (AvgIpc) is 2.63. The van der Waals surface area contributed by atoms with Crippen LogP contribution in [0.25, 0.3) is 12.1 Å². The Kier molecular flexibility index (Phi) is 5.41. The number of benzene rings is 2. The molecule has 134 valence electrons. The molecule has 0 heterocycles. The van der Waals surface area contributed by atoms with Crippen molar-refractivity contribution in [3.05, 3.63) is 82.6 Å². The van der Waals surface area contributed by atoms with Crippen molar-refractivity contribution in [3.63, 3.8) is 0 Å². The molecule has 0 aliphatic carbocycles. The second-order valence-electron chi connectivity index (χ2n) is 5.55. The third kappa shape index (κ3) is 5.36. The molecule has 0 aliphatic heterocycles. The van der Waals surface area contributed by atoms with E-state index in [1.54, 1.807) is 13.0 Å². The summed E-state index contributed by atoms with van der Waals surface area (Å²) in [5.74, 6) is -1.13. The van der Waals surface area contributed by atoms with Crippen molar-refractivity contribution in [2.24, 2.45) is 0 Å². The fourth-order valence-electron chi connectivity index (χ4n) is 2.09. The summed E-state index contributed by atoms with van der Waals surface area (Å²) >= 11 is 0. The SMILES string of the molecule is [2H]/C(=C\C(O)=C\C(=O)/C=C(\[2H])c1ccc(O)c(CO)c1)c1ccc(O)c(C)c1. The molecule has 5 nitrogen and oxygen atoms in total. The number of carbonyl (C=O) groups excluding carboxylic acids is 1. The van der Waals surface area contributed by atoms with Crippen molar-refractivity contribution in [1.82, 2.24) is 0 Å². The largest absolute Gasteiger partial charge is 0.508 e. The van der Waals surface area contributed by atoms with Gasteiger partial charge in [-0.2, -0.15) is 0 Å². The van der Waals surface area contributed by atoms with E-state index in [2.05, 4.69) is 0 Å². The van der Waals surface area contributed by atoms with Gasteiger partial charge in [-0.25, -0.2) is 0 Å². The third-order valence-electron chi connectivity index (χ3n) is 3.50. The number of aryl methyl sites for hydroxylation is 1. The van der Waals surface area contributed by atoms with Gasteiger partial charge in [-0.15, -0.1) is 0 Å². The smallest absolute Gasteiger partial charge is 0.182 e. The standard InChI is InChI=1S/C21H20O5/c1-14-10-15(4-8-20(14)25)2-6-18(23)12-19(24)7-3-16-5-9-21(26)17(11-16)13-22/h2-12,22-23,25-26H,13H2,1H3/b6-2+,7-3+,18-12-/i2D,3D. The summed E-state index contributed by atoms with van der Waals surface area (Å²) in [6.45, 7) is 1.27. The Bertz CT molecular complexity index is 990. The summed E-state index contributed by atoms with van der Waals surface area (Å²) in [4.78, 5) is 12.0. The lowest BCUT2D eigenvalue weighted by Crippen LogP contribution is -1.89. The van der Waals surface area contributed by atoms with Crippen LogP contribution >= 0.6 is 0 Å². The maximum absolute atomic E-state index is 12.0. The van der Waals surface area contributed by atoms with Gasteiger partial charge in [-0.1, -0.05) is 24.2 Å². The molecule has 0 fully saturated rings. The van der Waals surface area contributed by atoms with Crippen molar-refractivity contribution in [3.8, 4) is 11.5 Å². The molecule has 0 saturated carbocycles. The quantitative estimate of drug-likeness (QED) is 0.361. The van der Waals surface area contributed by atoms with Gasteiger partial charge in [0.2, 0.25) is 0 Å². The molecular weight excluding hydrogens is 332 g/mol. The van der Waals surface area contributed by atoms with Crippen LogP contribution in [0.1, 0.15) is 25.0 Å².